The SMILES string of the molecule is O=C(CSc1nncn1-c1cccc(Cl)c1)NCCc1ccc(-n2cccn2)cc1. The van der Waals surface area contributed by atoms with Crippen molar-refractivity contribution >= 4 is 29.3 Å². The maximum Gasteiger partial charge on any atom is 0.230 e. The molecule has 0 saturated heterocycles. The van der Waals surface area contributed by atoms with Crippen LogP contribution in [0.1, 0.15) is 5.56 Å². The summed E-state index contributed by atoms with van der Waals surface area (Å²) in [7, 11) is 0. The highest BCUT2D eigenvalue weighted by atomic mass is 35.5. The lowest BCUT2D eigenvalue weighted by molar-refractivity contribution is -0.118. The Balaban J connectivity index is 1.25. The molecule has 0 radical (unpaired) electrons. The fraction of sp³-hybridized carbons (Fsp3) is 0.143. The minimum absolute atomic E-state index is 0.0474. The first kappa shape index (κ1) is 20.2. The van der Waals surface area contributed by atoms with E-state index in [1.807, 2.05) is 64.0 Å². The summed E-state index contributed by atoms with van der Waals surface area (Å²) >= 11 is 7.39. The summed E-state index contributed by atoms with van der Waals surface area (Å²) in [4.78, 5) is 12.2. The largest absolute Gasteiger partial charge is 0.355 e. The average molecular weight is 439 g/mol. The van der Waals surface area contributed by atoms with Crippen LogP contribution in [0.5, 0.6) is 0 Å². The average Bonchev–Trinajstić information content (AvgIpc) is 3.45. The van der Waals surface area contributed by atoms with Crippen LogP contribution in [0, 0.1) is 0 Å². The van der Waals surface area contributed by atoms with Gasteiger partial charge in [0, 0.05) is 24.0 Å². The van der Waals surface area contributed by atoms with Gasteiger partial charge in [0.1, 0.15) is 6.33 Å². The predicted molar refractivity (Wildman–Crippen MR) is 117 cm³/mol. The zero-order valence-corrected chi connectivity index (χ0v) is 17.6. The number of rotatable bonds is 8. The van der Waals surface area contributed by atoms with Crippen LogP contribution in [0.25, 0.3) is 11.4 Å². The summed E-state index contributed by atoms with van der Waals surface area (Å²) in [5.74, 6) is 0.214. The number of carbonyl (C=O) groups excluding carboxylic acids is 1. The molecule has 4 aromatic rings. The number of nitrogens with one attached hydrogen (secondary N) is 1. The quantitative estimate of drug-likeness (QED) is 0.425. The van der Waals surface area contributed by atoms with E-state index >= 15 is 0 Å². The molecule has 9 heteroatoms. The molecule has 7 nitrogen and oxygen atoms in total. The molecule has 2 aromatic carbocycles. The molecular formula is C21H19ClN6OS. The predicted octanol–water partition coefficient (Wildman–Crippen LogP) is 3.56. The molecule has 0 aliphatic carbocycles. The van der Waals surface area contributed by atoms with Gasteiger partial charge in [-0.3, -0.25) is 9.36 Å². The Morgan fingerprint density at radius 1 is 1.10 bits per heavy atom. The molecular weight excluding hydrogens is 420 g/mol. The van der Waals surface area contributed by atoms with Gasteiger partial charge < -0.3 is 5.32 Å². The number of amides is 1. The van der Waals surface area contributed by atoms with Gasteiger partial charge in [-0.2, -0.15) is 5.10 Å². The van der Waals surface area contributed by atoms with Crippen LogP contribution < -0.4 is 5.32 Å². The number of carbonyl (C=O) groups is 1. The lowest BCUT2D eigenvalue weighted by Crippen LogP contribution is -2.27. The number of benzene rings is 2. The molecule has 0 bridgehead atoms. The maximum absolute atomic E-state index is 12.2. The molecule has 0 aliphatic rings. The van der Waals surface area contributed by atoms with Gasteiger partial charge in [-0.05, 0) is 48.4 Å². The van der Waals surface area contributed by atoms with E-state index in [0.717, 1.165) is 23.4 Å². The van der Waals surface area contributed by atoms with Gasteiger partial charge in [-0.15, -0.1) is 10.2 Å². The van der Waals surface area contributed by atoms with E-state index in [0.29, 0.717) is 16.7 Å². The van der Waals surface area contributed by atoms with Crippen molar-refractivity contribution < 1.29 is 4.79 Å². The first-order valence-corrected chi connectivity index (χ1v) is 10.7. The molecule has 0 unspecified atom stereocenters. The number of aromatic nitrogens is 5. The van der Waals surface area contributed by atoms with Gasteiger partial charge in [-0.25, -0.2) is 4.68 Å². The molecule has 1 amide bonds. The molecule has 152 valence electrons. The molecule has 0 atom stereocenters. The second kappa shape index (κ2) is 9.60. The third kappa shape index (κ3) is 5.08. The van der Waals surface area contributed by atoms with E-state index in [2.05, 4.69) is 20.6 Å². The summed E-state index contributed by atoms with van der Waals surface area (Å²) in [5, 5.41) is 16.5. The first-order chi connectivity index (χ1) is 14.7. The van der Waals surface area contributed by atoms with Gasteiger partial charge >= 0.3 is 0 Å². The van der Waals surface area contributed by atoms with E-state index in [4.69, 9.17) is 11.6 Å². The van der Waals surface area contributed by atoms with Gasteiger partial charge in [-0.1, -0.05) is 41.6 Å². The summed E-state index contributed by atoms with van der Waals surface area (Å²) in [6, 6.07) is 17.4. The molecule has 1 N–H and O–H groups in total. The fourth-order valence-electron chi connectivity index (χ4n) is 2.89. The second-order valence-corrected chi connectivity index (χ2v) is 7.85. The van der Waals surface area contributed by atoms with Crippen LogP contribution in [-0.2, 0) is 11.2 Å². The Hall–Kier alpha value is -3.10. The summed E-state index contributed by atoms with van der Waals surface area (Å²) in [6.07, 6.45) is 6.02. The van der Waals surface area contributed by atoms with Gasteiger partial charge in [0.05, 0.1) is 17.1 Å². The topological polar surface area (TPSA) is 77.6 Å². The smallest absolute Gasteiger partial charge is 0.230 e. The van der Waals surface area contributed by atoms with Gasteiger partial charge in [0.25, 0.3) is 0 Å². The second-order valence-electron chi connectivity index (χ2n) is 6.47. The Morgan fingerprint density at radius 3 is 2.73 bits per heavy atom. The zero-order chi connectivity index (χ0) is 20.8. The highest BCUT2D eigenvalue weighted by Crippen LogP contribution is 2.21. The molecule has 2 aromatic heterocycles. The van der Waals surface area contributed by atoms with Crippen LogP contribution in [0.15, 0.2) is 78.5 Å². The third-order valence-electron chi connectivity index (χ3n) is 4.38. The van der Waals surface area contributed by atoms with Crippen LogP contribution >= 0.6 is 23.4 Å². The lowest BCUT2D eigenvalue weighted by Gasteiger charge is -2.08. The van der Waals surface area contributed by atoms with Crippen molar-refractivity contribution in [1.29, 1.82) is 0 Å². The van der Waals surface area contributed by atoms with E-state index in [1.165, 1.54) is 11.8 Å². The van der Waals surface area contributed by atoms with E-state index in [1.54, 1.807) is 18.6 Å². The number of halogens is 1. The molecule has 30 heavy (non-hydrogen) atoms. The summed E-state index contributed by atoms with van der Waals surface area (Å²) in [6.45, 7) is 0.571. The van der Waals surface area contributed by atoms with Crippen LogP contribution in [-0.4, -0.2) is 42.7 Å². The van der Waals surface area contributed by atoms with E-state index < -0.39 is 0 Å². The van der Waals surface area contributed by atoms with Crippen molar-refractivity contribution in [2.24, 2.45) is 0 Å². The van der Waals surface area contributed by atoms with Gasteiger partial charge in [0.15, 0.2) is 5.16 Å². The minimum Gasteiger partial charge on any atom is -0.355 e. The Morgan fingerprint density at radius 2 is 1.97 bits per heavy atom. The number of hydrogen-bond acceptors (Lipinski definition) is 5. The molecule has 0 fully saturated rings. The molecule has 0 saturated carbocycles. The standard InChI is InChI=1S/C21H19ClN6OS/c22-17-3-1-4-19(13-17)27-15-24-26-21(27)30-14-20(29)23-11-9-16-5-7-18(8-6-16)28-12-2-10-25-28/h1-8,10,12-13,15H,9,11,14H2,(H,23,29). The number of nitrogens with zero attached hydrogens (tertiary/aromatic N) is 5. The van der Waals surface area contributed by atoms with Crippen LogP contribution in [0.3, 0.4) is 0 Å². The highest BCUT2D eigenvalue weighted by molar-refractivity contribution is 7.99. The monoisotopic (exact) mass is 438 g/mol. The lowest BCUT2D eigenvalue weighted by atomic mass is 10.1. The zero-order valence-electron chi connectivity index (χ0n) is 16.0. The first-order valence-electron chi connectivity index (χ1n) is 9.33. The maximum atomic E-state index is 12.2. The van der Waals surface area contributed by atoms with Crippen molar-refractivity contribution in [1.82, 2.24) is 29.9 Å². The van der Waals surface area contributed by atoms with Crippen molar-refractivity contribution in [3.8, 4) is 11.4 Å². The number of thioether (sulfide) groups is 1. The fourth-order valence-corrected chi connectivity index (χ4v) is 3.83. The van der Waals surface area contributed by atoms with Crippen LogP contribution in [0.2, 0.25) is 5.02 Å². The molecule has 4 rings (SSSR count). The minimum atomic E-state index is -0.0474. The Labute approximate surface area is 183 Å². The molecule has 2 heterocycles. The summed E-state index contributed by atoms with van der Waals surface area (Å²) in [5.41, 5.74) is 3.02. The van der Waals surface area contributed by atoms with Crippen molar-refractivity contribution in [2.75, 3.05) is 12.3 Å². The van der Waals surface area contributed by atoms with Crippen molar-refractivity contribution in [3.63, 3.8) is 0 Å². The van der Waals surface area contributed by atoms with Gasteiger partial charge in [0.2, 0.25) is 5.91 Å². The van der Waals surface area contributed by atoms with Crippen molar-refractivity contribution in [3.05, 3.63) is 83.9 Å². The Kier molecular flexibility index (Phi) is 6.46. The third-order valence-corrected chi connectivity index (χ3v) is 5.55. The normalized spacial score (nSPS) is 10.8. The molecule has 0 spiro atoms. The van der Waals surface area contributed by atoms with E-state index in [9.17, 15) is 4.79 Å². The van der Waals surface area contributed by atoms with E-state index in [-0.39, 0.29) is 11.7 Å². The van der Waals surface area contributed by atoms with Crippen molar-refractivity contribution in [2.45, 2.75) is 11.6 Å². The number of hydrogen-bond donors (Lipinski definition) is 1. The molecule has 0 aliphatic heterocycles. The van der Waals surface area contributed by atoms with Crippen LogP contribution in [0.4, 0.5) is 0 Å². The highest BCUT2D eigenvalue weighted by Gasteiger charge is 2.10. The Bertz CT molecular complexity index is 1110. The summed E-state index contributed by atoms with van der Waals surface area (Å²) < 4.78 is 3.62.